The van der Waals surface area contributed by atoms with Crippen molar-refractivity contribution >= 4 is 5.91 Å². The highest BCUT2D eigenvalue weighted by Gasteiger charge is 2.27. The summed E-state index contributed by atoms with van der Waals surface area (Å²) in [4.78, 5) is 11.9. The molecule has 3 nitrogen and oxygen atoms in total. The lowest BCUT2D eigenvalue weighted by Gasteiger charge is -2.28. The highest BCUT2D eigenvalue weighted by Crippen LogP contribution is 2.13. The van der Waals surface area contributed by atoms with Crippen LogP contribution in [0.1, 0.15) is 47.5 Å². The van der Waals surface area contributed by atoms with E-state index >= 15 is 0 Å². The molecule has 1 unspecified atom stereocenters. The van der Waals surface area contributed by atoms with Crippen molar-refractivity contribution in [2.45, 2.75) is 59.0 Å². The lowest BCUT2D eigenvalue weighted by atomic mass is 9.94. The Morgan fingerprint density at radius 2 is 1.73 bits per heavy atom. The van der Waals surface area contributed by atoms with Crippen LogP contribution in [-0.4, -0.2) is 24.5 Å². The highest BCUT2D eigenvalue weighted by molar-refractivity contribution is 5.85. The van der Waals surface area contributed by atoms with E-state index in [-0.39, 0.29) is 11.9 Å². The lowest BCUT2D eigenvalue weighted by Crippen LogP contribution is -2.54. The van der Waals surface area contributed by atoms with Crippen LogP contribution in [0, 0.1) is 5.92 Å². The normalized spacial score (nSPS) is 14.1. The molecule has 15 heavy (non-hydrogen) atoms. The van der Waals surface area contributed by atoms with Crippen LogP contribution in [-0.2, 0) is 4.79 Å². The van der Waals surface area contributed by atoms with Crippen LogP contribution in [0.25, 0.3) is 0 Å². The van der Waals surface area contributed by atoms with Gasteiger partial charge in [-0.1, -0.05) is 26.7 Å². The van der Waals surface area contributed by atoms with Crippen LogP contribution >= 0.6 is 0 Å². The first-order valence-electron chi connectivity index (χ1n) is 5.88. The van der Waals surface area contributed by atoms with Gasteiger partial charge >= 0.3 is 0 Å². The maximum Gasteiger partial charge on any atom is 0.239 e. The fourth-order valence-corrected chi connectivity index (χ4v) is 1.61. The fourth-order valence-electron chi connectivity index (χ4n) is 1.61. The Kier molecular flexibility index (Phi) is 5.88. The number of hydrogen-bond acceptors (Lipinski definition) is 2. The van der Waals surface area contributed by atoms with Crippen molar-refractivity contribution in [3.8, 4) is 0 Å². The average Bonchev–Trinajstić information content (AvgIpc) is 2.19. The van der Waals surface area contributed by atoms with Crippen molar-refractivity contribution in [3.63, 3.8) is 0 Å². The molecule has 0 radical (unpaired) electrons. The number of rotatable bonds is 6. The molecule has 0 heterocycles. The number of carbonyl (C=O) groups excluding carboxylic acids is 1. The Bertz CT molecular complexity index is 198. The predicted octanol–water partition coefficient (Wildman–Crippen LogP) is 1.93. The Morgan fingerprint density at radius 3 is 2.07 bits per heavy atom. The van der Waals surface area contributed by atoms with Gasteiger partial charge in [-0.3, -0.25) is 4.79 Å². The molecule has 0 bridgehead atoms. The quantitative estimate of drug-likeness (QED) is 0.709. The zero-order valence-electron chi connectivity index (χ0n) is 11.0. The lowest BCUT2D eigenvalue weighted by molar-refractivity contribution is -0.127. The summed E-state index contributed by atoms with van der Waals surface area (Å²) in [6.45, 7) is 10.2. The van der Waals surface area contributed by atoms with Crippen molar-refractivity contribution in [3.05, 3.63) is 0 Å². The minimum absolute atomic E-state index is 0.0735. The molecule has 0 aliphatic heterocycles. The van der Waals surface area contributed by atoms with Crippen LogP contribution in [0.4, 0.5) is 0 Å². The van der Waals surface area contributed by atoms with Crippen LogP contribution in [0.3, 0.4) is 0 Å². The first-order valence-corrected chi connectivity index (χ1v) is 5.88. The minimum atomic E-state index is -0.486. The Morgan fingerprint density at radius 1 is 1.27 bits per heavy atom. The van der Waals surface area contributed by atoms with E-state index in [0.29, 0.717) is 5.92 Å². The molecule has 0 saturated carbocycles. The van der Waals surface area contributed by atoms with Gasteiger partial charge in [-0.25, -0.2) is 0 Å². The number of carbonyl (C=O) groups is 1. The summed E-state index contributed by atoms with van der Waals surface area (Å²) in [6, 6.07) is 0.250. The molecule has 3 heteroatoms. The number of likely N-dealkylation sites (N-methyl/N-ethyl adjacent to an activating group) is 1. The van der Waals surface area contributed by atoms with Crippen LogP contribution in [0.5, 0.6) is 0 Å². The summed E-state index contributed by atoms with van der Waals surface area (Å²) in [5.74, 6) is 0.644. The van der Waals surface area contributed by atoms with Crippen molar-refractivity contribution in [1.82, 2.24) is 10.6 Å². The molecule has 0 aromatic carbocycles. The van der Waals surface area contributed by atoms with E-state index in [2.05, 4.69) is 31.4 Å². The maximum absolute atomic E-state index is 11.9. The summed E-state index contributed by atoms with van der Waals surface area (Å²) < 4.78 is 0. The van der Waals surface area contributed by atoms with E-state index in [9.17, 15) is 4.79 Å². The van der Waals surface area contributed by atoms with E-state index in [1.54, 1.807) is 7.05 Å². The maximum atomic E-state index is 11.9. The van der Waals surface area contributed by atoms with Crippen molar-refractivity contribution in [1.29, 1.82) is 0 Å². The van der Waals surface area contributed by atoms with Gasteiger partial charge in [-0.15, -0.1) is 0 Å². The van der Waals surface area contributed by atoms with Gasteiger partial charge in [0.1, 0.15) is 0 Å². The van der Waals surface area contributed by atoms with Crippen LogP contribution < -0.4 is 10.6 Å². The molecule has 0 aliphatic carbocycles. The summed E-state index contributed by atoms with van der Waals surface area (Å²) in [5, 5.41) is 6.08. The fraction of sp³-hybridized carbons (Fsp3) is 0.917. The standard InChI is InChI=1S/C12H26N2O/c1-7-10(8-2)9(3)14-11(15)12(4,5)13-6/h9-10,13H,7-8H2,1-6H3,(H,14,15). The van der Waals surface area contributed by atoms with Gasteiger partial charge in [0.25, 0.3) is 0 Å². The number of nitrogens with one attached hydrogen (secondary N) is 2. The molecule has 0 saturated heterocycles. The second-order valence-corrected chi connectivity index (χ2v) is 4.71. The molecule has 0 rings (SSSR count). The Hall–Kier alpha value is -0.570. The second kappa shape index (κ2) is 6.11. The molecule has 90 valence electrons. The van der Waals surface area contributed by atoms with Crippen molar-refractivity contribution in [2.24, 2.45) is 5.92 Å². The first-order chi connectivity index (χ1) is 6.88. The second-order valence-electron chi connectivity index (χ2n) is 4.71. The molecule has 0 aliphatic rings. The third-order valence-electron chi connectivity index (χ3n) is 3.31. The summed E-state index contributed by atoms with van der Waals surface area (Å²) in [5.41, 5.74) is -0.486. The number of amides is 1. The summed E-state index contributed by atoms with van der Waals surface area (Å²) >= 11 is 0. The molecule has 0 aromatic rings. The number of hydrogen-bond donors (Lipinski definition) is 2. The van der Waals surface area contributed by atoms with Gasteiger partial charge in [0, 0.05) is 6.04 Å². The van der Waals surface area contributed by atoms with E-state index in [1.165, 1.54) is 0 Å². The van der Waals surface area contributed by atoms with Gasteiger partial charge in [0.05, 0.1) is 5.54 Å². The largest absolute Gasteiger partial charge is 0.352 e. The third-order valence-corrected chi connectivity index (χ3v) is 3.31. The van der Waals surface area contributed by atoms with Gasteiger partial charge in [-0.05, 0) is 33.7 Å². The Labute approximate surface area is 94.0 Å². The molecule has 2 N–H and O–H groups in total. The topological polar surface area (TPSA) is 41.1 Å². The molecule has 0 aromatic heterocycles. The first kappa shape index (κ1) is 14.4. The highest BCUT2D eigenvalue weighted by atomic mass is 16.2. The SMILES string of the molecule is CCC(CC)C(C)NC(=O)C(C)(C)NC. The van der Waals surface area contributed by atoms with E-state index in [4.69, 9.17) is 0 Å². The van der Waals surface area contributed by atoms with Crippen LogP contribution in [0.15, 0.2) is 0 Å². The van der Waals surface area contributed by atoms with E-state index in [0.717, 1.165) is 12.8 Å². The predicted molar refractivity (Wildman–Crippen MR) is 64.8 cm³/mol. The van der Waals surface area contributed by atoms with Crippen molar-refractivity contribution in [2.75, 3.05) is 7.05 Å². The van der Waals surface area contributed by atoms with E-state index < -0.39 is 5.54 Å². The smallest absolute Gasteiger partial charge is 0.239 e. The molecule has 1 atom stereocenters. The monoisotopic (exact) mass is 214 g/mol. The average molecular weight is 214 g/mol. The summed E-state index contributed by atoms with van der Waals surface area (Å²) in [6.07, 6.45) is 2.22. The van der Waals surface area contributed by atoms with Gasteiger partial charge in [0.15, 0.2) is 0 Å². The minimum Gasteiger partial charge on any atom is -0.352 e. The van der Waals surface area contributed by atoms with Crippen molar-refractivity contribution < 1.29 is 4.79 Å². The zero-order valence-corrected chi connectivity index (χ0v) is 11.0. The summed E-state index contributed by atoms with van der Waals surface area (Å²) in [7, 11) is 1.81. The molecule has 0 spiro atoms. The zero-order chi connectivity index (χ0) is 12.1. The van der Waals surface area contributed by atoms with E-state index in [1.807, 2.05) is 13.8 Å². The van der Waals surface area contributed by atoms with Gasteiger partial charge < -0.3 is 10.6 Å². The Balaban J connectivity index is 4.29. The van der Waals surface area contributed by atoms with Crippen LogP contribution in [0.2, 0.25) is 0 Å². The molecular formula is C12H26N2O. The van der Waals surface area contributed by atoms with Gasteiger partial charge in [-0.2, -0.15) is 0 Å². The molecular weight excluding hydrogens is 188 g/mol. The third kappa shape index (κ3) is 4.20. The van der Waals surface area contributed by atoms with Gasteiger partial charge in [0.2, 0.25) is 5.91 Å². The molecule has 1 amide bonds. The molecule has 0 fully saturated rings.